The molecule has 7 nitrogen and oxygen atoms in total. The van der Waals surface area contributed by atoms with Crippen molar-refractivity contribution in [2.24, 2.45) is 0 Å². The van der Waals surface area contributed by atoms with Crippen LogP contribution in [-0.4, -0.2) is 44.5 Å². The van der Waals surface area contributed by atoms with Gasteiger partial charge in [-0.05, 0) is 37.8 Å². The molecule has 158 valence electrons. The highest BCUT2D eigenvalue weighted by Gasteiger charge is 2.16. The van der Waals surface area contributed by atoms with E-state index in [1.807, 2.05) is 18.7 Å². The monoisotopic (exact) mass is 411 g/mol. The Hall–Kier alpha value is -2.09. The molecule has 0 spiro atoms. The quantitative estimate of drug-likeness (QED) is 0.552. The Morgan fingerprint density at radius 3 is 2.25 bits per heavy atom. The van der Waals surface area contributed by atoms with Gasteiger partial charge in [-0.25, -0.2) is 8.42 Å². The number of benzene rings is 1. The molecule has 0 saturated heterocycles. The van der Waals surface area contributed by atoms with Gasteiger partial charge in [0.1, 0.15) is 0 Å². The molecule has 0 aliphatic carbocycles. The van der Waals surface area contributed by atoms with Crippen LogP contribution in [-0.2, 0) is 19.6 Å². The van der Waals surface area contributed by atoms with E-state index >= 15 is 0 Å². The molecule has 0 aromatic heterocycles. The van der Waals surface area contributed by atoms with Crippen molar-refractivity contribution in [1.29, 1.82) is 0 Å². The third-order valence-electron chi connectivity index (χ3n) is 4.23. The molecule has 8 heteroatoms. The molecule has 1 aromatic rings. The Morgan fingerprint density at radius 2 is 1.68 bits per heavy atom. The molecule has 0 aliphatic rings. The van der Waals surface area contributed by atoms with E-state index in [1.165, 1.54) is 0 Å². The second kappa shape index (κ2) is 11.7. The molecule has 0 radical (unpaired) electrons. The summed E-state index contributed by atoms with van der Waals surface area (Å²) in [4.78, 5) is 26.4. The number of anilines is 1. The van der Waals surface area contributed by atoms with E-state index in [9.17, 15) is 18.0 Å². The number of nitrogens with one attached hydrogen (secondary N) is 2. The van der Waals surface area contributed by atoms with E-state index in [0.717, 1.165) is 32.2 Å². The van der Waals surface area contributed by atoms with Crippen LogP contribution in [0.3, 0.4) is 0 Å². The number of hydrogen-bond donors (Lipinski definition) is 2. The molecule has 2 N–H and O–H groups in total. The third kappa shape index (κ3) is 8.73. The SMILES string of the molecule is CCCN(CCC)C(=O)CCCC(=O)NC(C)c1ccccc1NS(C)(=O)=O. The normalized spacial score (nSPS) is 12.3. The lowest BCUT2D eigenvalue weighted by Crippen LogP contribution is -2.32. The van der Waals surface area contributed by atoms with Crippen molar-refractivity contribution in [1.82, 2.24) is 10.2 Å². The molecule has 2 amide bonds. The summed E-state index contributed by atoms with van der Waals surface area (Å²) >= 11 is 0. The predicted molar refractivity (Wildman–Crippen MR) is 112 cm³/mol. The topological polar surface area (TPSA) is 95.6 Å². The first-order valence-electron chi connectivity index (χ1n) is 9.81. The summed E-state index contributed by atoms with van der Waals surface area (Å²) < 4.78 is 25.5. The van der Waals surface area contributed by atoms with Crippen molar-refractivity contribution in [2.45, 2.75) is 58.9 Å². The van der Waals surface area contributed by atoms with E-state index in [-0.39, 0.29) is 24.3 Å². The Morgan fingerprint density at radius 1 is 1.07 bits per heavy atom. The lowest BCUT2D eigenvalue weighted by Gasteiger charge is -2.21. The maximum Gasteiger partial charge on any atom is 0.229 e. The summed E-state index contributed by atoms with van der Waals surface area (Å²) in [6, 6.07) is 6.60. The van der Waals surface area contributed by atoms with E-state index in [2.05, 4.69) is 10.0 Å². The van der Waals surface area contributed by atoms with Crippen molar-refractivity contribution >= 4 is 27.5 Å². The lowest BCUT2D eigenvalue weighted by atomic mass is 10.1. The van der Waals surface area contributed by atoms with Gasteiger partial charge >= 0.3 is 0 Å². The molecule has 0 fully saturated rings. The molecule has 1 rings (SSSR count). The highest BCUT2D eigenvalue weighted by atomic mass is 32.2. The van der Waals surface area contributed by atoms with Gasteiger partial charge in [-0.2, -0.15) is 0 Å². The molecule has 1 atom stereocenters. The number of nitrogens with zero attached hydrogens (tertiary/aromatic N) is 1. The molecule has 0 aliphatic heterocycles. The molecule has 28 heavy (non-hydrogen) atoms. The molecular formula is C20H33N3O4S. The van der Waals surface area contributed by atoms with Crippen molar-refractivity contribution in [3.8, 4) is 0 Å². The Labute approximate surface area is 168 Å². The van der Waals surface area contributed by atoms with Gasteiger partial charge < -0.3 is 10.2 Å². The van der Waals surface area contributed by atoms with Gasteiger partial charge in [-0.3, -0.25) is 14.3 Å². The van der Waals surface area contributed by atoms with E-state index in [0.29, 0.717) is 24.1 Å². The minimum absolute atomic E-state index is 0.0900. The second-order valence-corrected chi connectivity index (χ2v) is 8.73. The van der Waals surface area contributed by atoms with E-state index in [4.69, 9.17) is 0 Å². The standard InChI is InChI=1S/C20H33N3O4S/c1-5-14-23(15-6-2)20(25)13-9-12-19(24)21-16(3)17-10-7-8-11-18(17)22-28(4,26)27/h7-8,10-11,16,22H,5-6,9,12-15H2,1-4H3,(H,21,24). The summed E-state index contributed by atoms with van der Waals surface area (Å²) in [6.07, 6.45) is 4.03. The van der Waals surface area contributed by atoms with E-state index in [1.54, 1.807) is 31.2 Å². The van der Waals surface area contributed by atoms with Crippen molar-refractivity contribution in [3.05, 3.63) is 29.8 Å². The second-order valence-electron chi connectivity index (χ2n) is 6.99. The van der Waals surface area contributed by atoms with Crippen LogP contribution in [0, 0.1) is 0 Å². The summed E-state index contributed by atoms with van der Waals surface area (Å²) in [5, 5.41) is 2.88. The fourth-order valence-electron chi connectivity index (χ4n) is 3.02. The van der Waals surface area contributed by atoms with Crippen LogP contribution >= 0.6 is 0 Å². The summed E-state index contributed by atoms with van der Waals surface area (Å²) in [6.45, 7) is 7.39. The Kier molecular flexibility index (Phi) is 9.99. The van der Waals surface area contributed by atoms with Gasteiger partial charge in [0.25, 0.3) is 0 Å². The van der Waals surface area contributed by atoms with Gasteiger partial charge in [0.15, 0.2) is 0 Å². The van der Waals surface area contributed by atoms with Gasteiger partial charge in [-0.1, -0.05) is 32.0 Å². The smallest absolute Gasteiger partial charge is 0.229 e. The zero-order valence-corrected chi connectivity index (χ0v) is 18.1. The van der Waals surface area contributed by atoms with Gasteiger partial charge in [0, 0.05) is 25.9 Å². The molecule has 0 heterocycles. The predicted octanol–water partition coefficient (Wildman–Crippen LogP) is 3.05. The molecular weight excluding hydrogens is 378 g/mol. The number of amides is 2. The van der Waals surface area contributed by atoms with Gasteiger partial charge in [0.05, 0.1) is 18.0 Å². The van der Waals surface area contributed by atoms with Crippen LogP contribution in [0.25, 0.3) is 0 Å². The zero-order valence-electron chi connectivity index (χ0n) is 17.3. The number of rotatable bonds is 12. The first kappa shape index (κ1) is 23.9. The molecule has 0 saturated carbocycles. The number of carbonyl (C=O) groups excluding carboxylic acids is 2. The highest BCUT2D eigenvalue weighted by Crippen LogP contribution is 2.23. The van der Waals surface area contributed by atoms with Crippen LogP contribution in [0.15, 0.2) is 24.3 Å². The molecule has 1 unspecified atom stereocenters. The first-order chi connectivity index (χ1) is 13.2. The van der Waals surface area contributed by atoms with Crippen LogP contribution in [0.5, 0.6) is 0 Å². The number of para-hydroxylation sites is 1. The Bertz CT molecular complexity index is 744. The fourth-order valence-corrected chi connectivity index (χ4v) is 3.60. The van der Waals surface area contributed by atoms with Crippen LogP contribution in [0.1, 0.15) is 64.5 Å². The first-order valence-corrected chi connectivity index (χ1v) is 11.7. The maximum atomic E-state index is 12.3. The average molecular weight is 412 g/mol. The number of carbonyl (C=O) groups is 2. The van der Waals surface area contributed by atoms with Crippen LogP contribution in [0.2, 0.25) is 0 Å². The van der Waals surface area contributed by atoms with Crippen molar-refractivity contribution < 1.29 is 18.0 Å². The van der Waals surface area contributed by atoms with Crippen molar-refractivity contribution in [2.75, 3.05) is 24.1 Å². The molecule has 0 bridgehead atoms. The average Bonchev–Trinajstić information content (AvgIpc) is 2.60. The minimum Gasteiger partial charge on any atom is -0.350 e. The van der Waals surface area contributed by atoms with Crippen LogP contribution < -0.4 is 10.0 Å². The van der Waals surface area contributed by atoms with E-state index < -0.39 is 10.0 Å². The van der Waals surface area contributed by atoms with Crippen LogP contribution in [0.4, 0.5) is 5.69 Å². The van der Waals surface area contributed by atoms with Crippen molar-refractivity contribution in [3.63, 3.8) is 0 Å². The Balaban J connectivity index is 2.57. The van der Waals surface area contributed by atoms with Gasteiger partial charge in [-0.15, -0.1) is 0 Å². The number of sulfonamides is 1. The fraction of sp³-hybridized carbons (Fsp3) is 0.600. The molecule has 1 aromatic carbocycles. The third-order valence-corrected chi connectivity index (χ3v) is 4.83. The number of hydrogen-bond acceptors (Lipinski definition) is 4. The zero-order chi connectivity index (χ0) is 21.2. The summed E-state index contributed by atoms with van der Waals surface area (Å²) in [5.74, 6) is -0.0701. The summed E-state index contributed by atoms with van der Waals surface area (Å²) in [7, 11) is -3.41. The summed E-state index contributed by atoms with van der Waals surface area (Å²) in [5.41, 5.74) is 1.14. The highest BCUT2D eigenvalue weighted by molar-refractivity contribution is 7.92. The minimum atomic E-state index is -3.41. The largest absolute Gasteiger partial charge is 0.350 e. The maximum absolute atomic E-state index is 12.3. The van der Waals surface area contributed by atoms with Gasteiger partial charge in [0.2, 0.25) is 21.8 Å². The lowest BCUT2D eigenvalue weighted by molar-refractivity contribution is -0.131.